The van der Waals surface area contributed by atoms with Gasteiger partial charge in [0.2, 0.25) is 0 Å². The highest BCUT2D eigenvalue weighted by atomic mass is 16.6. The van der Waals surface area contributed by atoms with E-state index in [0.29, 0.717) is 0 Å². The van der Waals surface area contributed by atoms with Crippen LogP contribution in [-0.4, -0.2) is 44.6 Å². The van der Waals surface area contributed by atoms with E-state index in [-0.39, 0.29) is 12.4 Å². The predicted molar refractivity (Wildman–Crippen MR) is 65.3 cm³/mol. The normalized spacial score (nSPS) is 38.1. The molecule has 10 nitrogen and oxygen atoms in total. The first-order valence-corrected chi connectivity index (χ1v) is 5.89. The van der Waals surface area contributed by atoms with Crippen molar-refractivity contribution in [3.05, 3.63) is 33.2 Å². The minimum absolute atomic E-state index is 0.0627. The summed E-state index contributed by atoms with van der Waals surface area (Å²) in [5.41, 5.74) is 12.0. The number of nitrogens with zero attached hydrogens (tertiary/aromatic N) is 5. The Kier molecular flexibility index (Phi) is 2.69. The fourth-order valence-corrected chi connectivity index (χ4v) is 2.71. The molecule has 2 aliphatic rings. The zero-order valence-electron chi connectivity index (χ0n) is 10.2. The van der Waals surface area contributed by atoms with E-state index in [2.05, 4.69) is 15.0 Å². The van der Waals surface area contributed by atoms with Crippen LogP contribution in [0.15, 0.2) is 22.2 Å². The number of azide groups is 1. The SMILES string of the molecule is [N-]=[N+]=NC[C@]12C(O)[C@H]1O[C@@H](n1ccc(N)nc1=O)[C@@H]2O. The lowest BCUT2D eigenvalue weighted by atomic mass is 9.98. The Labute approximate surface area is 112 Å². The Morgan fingerprint density at radius 1 is 1.60 bits per heavy atom. The fraction of sp³-hybridized carbons (Fsp3) is 0.600. The predicted octanol–water partition coefficient (Wildman–Crippen LogP) is -1.24. The van der Waals surface area contributed by atoms with Crippen molar-refractivity contribution in [2.45, 2.75) is 24.5 Å². The van der Waals surface area contributed by atoms with Gasteiger partial charge in [0.15, 0.2) is 6.23 Å². The molecule has 0 spiro atoms. The van der Waals surface area contributed by atoms with Gasteiger partial charge in [-0.15, -0.1) is 0 Å². The molecule has 2 heterocycles. The van der Waals surface area contributed by atoms with Crippen molar-refractivity contribution in [1.82, 2.24) is 9.55 Å². The lowest BCUT2D eigenvalue weighted by Crippen LogP contribution is -2.39. The van der Waals surface area contributed by atoms with Crippen molar-refractivity contribution in [3.8, 4) is 0 Å². The molecule has 1 saturated heterocycles. The standard InChI is InChI=1S/C10H12N6O4/c11-4-1-2-16(9(19)14-4)8-6(18)10(3-13-15-12)5(17)7(10)20-8/h1-2,5-8,17-18H,3H2,(H2,11,14,19)/t5?,6-,7+,8+,10+/m0/s1. The highest BCUT2D eigenvalue weighted by molar-refractivity contribution is 5.26. The van der Waals surface area contributed by atoms with E-state index in [0.717, 1.165) is 4.57 Å². The van der Waals surface area contributed by atoms with E-state index in [1.807, 2.05) is 0 Å². The van der Waals surface area contributed by atoms with E-state index < -0.39 is 35.6 Å². The largest absolute Gasteiger partial charge is 0.390 e. The van der Waals surface area contributed by atoms with Crippen LogP contribution in [0.4, 0.5) is 5.82 Å². The lowest BCUT2D eigenvalue weighted by molar-refractivity contribution is -0.0796. The Morgan fingerprint density at radius 3 is 3.00 bits per heavy atom. The number of hydrogen-bond acceptors (Lipinski definition) is 7. The van der Waals surface area contributed by atoms with Gasteiger partial charge in [0.05, 0.1) is 17.6 Å². The minimum atomic E-state index is -1.18. The summed E-state index contributed by atoms with van der Waals surface area (Å²) >= 11 is 0. The topological polar surface area (TPSA) is 159 Å². The maximum Gasteiger partial charge on any atom is 0.351 e. The smallest absolute Gasteiger partial charge is 0.351 e. The second kappa shape index (κ2) is 4.18. The summed E-state index contributed by atoms with van der Waals surface area (Å²) in [6.07, 6.45) is -2.40. The second-order valence-corrected chi connectivity index (χ2v) is 4.88. The summed E-state index contributed by atoms with van der Waals surface area (Å²) in [4.78, 5) is 17.9. The second-order valence-electron chi connectivity index (χ2n) is 4.88. The molecule has 4 N–H and O–H groups in total. The molecule has 106 valence electrons. The Balaban J connectivity index is 1.92. The van der Waals surface area contributed by atoms with Crippen LogP contribution in [0.25, 0.3) is 10.4 Å². The van der Waals surface area contributed by atoms with Crippen LogP contribution in [0, 0.1) is 5.41 Å². The molecule has 2 fully saturated rings. The van der Waals surface area contributed by atoms with E-state index in [1.165, 1.54) is 12.3 Å². The maximum atomic E-state index is 11.7. The van der Waals surface area contributed by atoms with Crippen molar-refractivity contribution >= 4 is 5.82 Å². The van der Waals surface area contributed by atoms with Gasteiger partial charge in [-0.3, -0.25) is 4.57 Å². The zero-order chi connectivity index (χ0) is 14.5. The van der Waals surface area contributed by atoms with Crippen LogP contribution in [0.3, 0.4) is 0 Å². The Bertz CT molecular complexity index is 655. The molecule has 0 aromatic carbocycles. The van der Waals surface area contributed by atoms with Crippen LogP contribution in [0.5, 0.6) is 0 Å². The molecule has 0 bridgehead atoms. The molecule has 5 atom stereocenters. The number of ether oxygens (including phenoxy) is 1. The van der Waals surface area contributed by atoms with Crippen LogP contribution < -0.4 is 11.4 Å². The number of rotatable bonds is 3. The summed E-state index contributed by atoms with van der Waals surface area (Å²) in [6.45, 7) is -0.107. The third kappa shape index (κ3) is 1.53. The first-order valence-electron chi connectivity index (χ1n) is 5.89. The molecular formula is C10H12N6O4. The van der Waals surface area contributed by atoms with Gasteiger partial charge < -0.3 is 20.7 Å². The first-order chi connectivity index (χ1) is 9.52. The van der Waals surface area contributed by atoms with E-state index in [9.17, 15) is 15.0 Å². The molecule has 1 aliphatic carbocycles. The van der Waals surface area contributed by atoms with E-state index in [1.54, 1.807) is 0 Å². The summed E-state index contributed by atoms with van der Waals surface area (Å²) in [7, 11) is 0. The van der Waals surface area contributed by atoms with E-state index >= 15 is 0 Å². The molecule has 3 rings (SSSR count). The van der Waals surface area contributed by atoms with Crippen molar-refractivity contribution in [3.63, 3.8) is 0 Å². The molecule has 0 amide bonds. The Hall–Kier alpha value is -2.13. The number of aliphatic hydroxyl groups is 2. The summed E-state index contributed by atoms with van der Waals surface area (Å²) < 4.78 is 6.56. The fourth-order valence-electron chi connectivity index (χ4n) is 2.71. The molecule has 20 heavy (non-hydrogen) atoms. The Morgan fingerprint density at radius 2 is 2.35 bits per heavy atom. The quantitative estimate of drug-likeness (QED) is 0.356. The molecule has 10 heteroatoms. The van der Waals surface area contributed by atoms with Gasteiger partial charge in [0.1, 0.15) is 11.9 Å². The van der Waals surface area contributed by atoms with Gasteiger partial charge in [0, 0.05) is 17.7 Å². The maximum absolute atomic E-state index is 11.7. The number of aromatic nitrogens is 2. The molecule has 1 aromatic heterocycles. The molecular weight excluding hydrogens is 268 g/mol. The number of nitrogen functional groups attached to an aromatic ring is 1. The lowest BCUT2D eigenvalue weighted by Gasteiger charge is -2.24. The zero-order valence-corrected chi connectivity index (χ0v) is 10.2. The third-order valence-electron chi connectivity index (χ3n) is 3.90. The minimum Gasteiger partial charge on any atom is -0.390 e. The van der Waals surface area contributed by atoms with Crippen LogP contribution in [0.2, 0.25) is 0 Å². The number of hydrogen-bond donors (Lipinski definition) is 3. The van der Waals surface area contributed by atoms with Gasteiger partial charge in [0.25, 0.3) is 0 Å². The van der Waals surface area contributed by atoms with Crippen molar-refractivity contribution in [1.29, 1.82) is 0 Å². The highest BCUT2D eigenvalue weighted by Crippen LogP contribution is 2.60. The van der Waals surface area contributed by atoms with Gasteiger partial charge >= 0.3 is 5.69 Å². The summed E-state index contributed by atoms with van der Waals surface area (Å²) in [5.74, 6) is 0.0627. The molecule has 0 radical (unpaired) electrons. The van der Waals surface area contributed by atoms with Gasteiger partial charge in [-0.1, -0.05) is 5.11 Å². The highest BCUT2D eigenvalue weighted by Gasteiger charge is 2.76. The number of aliphatic hydroxyl groups excluding tert-OH is 2. The number of anilines is 1. The summed E-state index contributed by atoms with van der Waals surface area (Å²) in [6, 6.07) is 1.40. The van der Waals surface area contributed by atoms with Gasteiger partial charge in [-0.05, 0) is 11.6 Å². The van der Waals surface area contributed by atoms with Crippen LogP contribution in [0.1, 0.15) is 6.23 Å². The number of fused-ring (bicyclic) bond motifs is 1. The molecule has 1 saturated carbocycles. The van der Waals surface area contributed by atoms with Crippen molar-refractivity contribution in [2.24, 2.45) is 10.5 Å². The summed E-state index contributed by atoms with van der Waals surface area (Å²) in [5, 5.41) is 23.5. The third-order valence-corrected chi connectivity index (χ3v) is 3.90. The van der Waals surface area contributed by atoms with E-state index in [4.69, 9.17) is 16.0 Å². The van der Waals surface area contributed by atoms with Crippen LogP contribution >= 0.6 is 0 Å². The van der Waals surface area contributed by atoms with Gasteiger partial charge in [-0.25, -0.2) is 4.79 Å². The van der Waals surface area contributed by atoms with Gasteiger partial charge in [-0.2, -0.15) is 4.98 Å². The molecule has 1 unspecified atom stereocenters. The molecule has 1 aliphatic heterocycles. The van der Waals surface area contributed by atoms with Crippen LogP contribution in [-0.2, 0) is 4.74 Å². The average Bonchev–Trinajstić information content (AvgIpc) is 2.84. The first kappa shape index (κ1) is 12.9. The molecule has 1 aromatic rings. The van der Waals surface area contributed by atoms with Crippen molar-refractivity contribution < 1.29 is 14.9 Å². The average molecular weight is 280 g/mol. The number of nitrogens with two attached hydrogens (primary N) is 1. The van der Waals surface area contributed by atoms with Crippen molar-refractivity contribution in [2.75, 3.05) is 12.3 Å². The monoisotopic (exact) mass is 280 g/mol.